The zero-order valence-electron chi connectivity index (χ0n) is 14.1. The lowest BCUT2D eigenvalue weighted by molar-refractivity contribution is -0.0415. The minimum atomic E-state index is -4.85. The highest BCUT2D eigenvalue weighted by Gasteiger charge is 2.42. The Balaban J connectivity index is 1.86. The maximum Gasteiger partial charge on any atom is 0.469 e. The molecule has 0 aliphatic carbocycles. The molecule has 3 heterocycles. The molecule has 0 amide bonds. The summed E-state index contributed by atoms with van der Waals surface area (Å²) in [5.41, 5.74) is 1.40. The molecule has 150 valence electrons. The first-order valence-electron chi connectivity index (χ1n) is 7.80. The second-order valence-electron chi connectivity index (χ2n) is 5.85. The van der Waals surface area contributed by atoms with E-state index in [9.17, 15) is 9.13 Å². The largest absolute Gasteiger partial charge is 0.469 e. The molecule has 2 aromatic rings. The number of nitrogens with one attached hydrogen (secondary N) is 1. The van der Waals surface area contributed by atoms with Crippen LogP contribution in [0.5, 0.6) is 0 Å². The zero-order chi connectivity index (χ0) is 19.8. The van der Waals surface area contributed by atoms with E-state index in [0.29, 0.717) is 5.65 Å². The molecule has 3 atom stereocenters. The van der Waals surface area contributed by atoms with Gasteiger partial charge in [0.15, 0.2) is 0 Å². The van der Waals surface area contributed by atoms with Gasteiger partial charge in [0, 0.05) is 36.9 Å². The van der Waals surface area contributed by atoms with Crippen molar-refractivity contribution in [2.45, 2.75) is 24.9 Å². The number of rotatable bonds is 7. The average molecular weight is 423 g/mol. The first-order valence-corrected chi connectivity index (χ1v) is 10.9. The van der Waals surface area contributed by atoms with E-state index in [1.54, 1.807) is 36.1 Å². The Labute approximate surface area is 153 Å². The van der Waals surface area contributed by atoms with E-state index in [-0.39, 0.29) is 6.42 Å². The van der Waals surface area contributed by atoms with Crippen LogP contribution >= 0.6 is 15.6 Å². The van der Waals surface area contributed by atoms with Crippen molar-refractivity contribution in [2.75, 3.05) is 19.0 Å². The van der Waals surface area contributed by atoms with E-state index < -0.39 is 40.7 Å². The lowest BCUT2D eigenvalue weighted by atomic mass is 10.2. The fourth-order valence-corrected chi connectivity index (χ4v) is 3.90. The van der Waals surface area contributed by atoms with Crippen molar-refractivity contribution in [3.05, 3.63) is 24.5 Å². The van der Waals surface area contributed by atoms with Gasteiger partial charge in [0.05, 0.1) is 6.61 Å². The number of anilines is 1. The molecule has 5 N–H and O–H groups in total. The Morgan fingerprint density at radius 3 is 2.67 bits per heavy atom. The Morgan fingerprint density at radius 1 is 1.30 bits per heavy atom. The minimum Gasteiger partial charge on any atom is -0.387 e. The quantitative estimate of drug-likeness (QED) is 0.401. The van der Waals surface area contributed by atoms with Crippen molar-refractivity contribution in [3.63, 3.8) is 0 Å². The second-order valence-corrected chi connectivity index (χ2v) is 8.29. The SMILES string of the molecule is CNc1ccnc2c1ccn2[C@H]1C[C@H](OP(=O)(O)O)[C@@H](COP(=O)(O)O)O1. The normalized spacial score (nSPS) is 23.8. The molecule has 0 unspecified atom stereocenters. The molecule has 1 fully saturated rings. The first-order chi connectivity index (χ1) is 12.6. The van der Waals surface area contributed by atoms with E-state index in [4.69, 9.17) is 28.8 Å². The van der Waals surface area contributed by atoms with Crippen LogP contribution in [0, 0.1) is 0 Å². The van der Waals surface area contributed by atoms with E-state index in [1.165, 1.54) is 0 Å². The number of hydrogen-bond acceptors (Lipinski definition) is 7. The van der Waals surface area contributed by atoms with Gasteiger partial charge in [-0.25, -0.2) is 14.1 Å². The molecular formula is C13H19N3O9P2. The maximum absolute atomic E-state index is 11.2. The van der Waals surface area contributed by atoms with Crippen LogP contribution in [0.15, 0.2) is 24.5 Å². The summed E-state index contributed by atoms with van der Waals surface area (Å²) in [4.78, 5) is 40.2. The highest BCUT2D eigenvalue weighted by atomic mass is 31.2. The number of phosphoric ester groups is 2. The van der Waals surface area contributed by atoms with Crippen molar-refractivity contribution >= 4 is 32.4 Å². The van der Waals surface area contributed by atoms with Crippen LogP contribution < -0.4 is 5.32 Å². The molecule has 0 saturated carbocycles. The third-order valence-electron chi connectivity index (χ3n) is 4.06. The lowest BCUT2D eigenvalue weighted by Crippen LogP contribution is -2.28. The molecule has 27 heavy (non-hydrogen) atoms. The van der Waals surface area contributed by atoms with Gasteiger partial charge >= 0.3 is 15.6 Å². The number of aromatic nitrogens is 2. The van der Waals surface area contributed by atoms with Crippen molar-refractivity contribution in [3.8, 4) is 0 Å². The van der Waals surface area contributed by atoms with Crippen molar-refractivity contribution in [2.24, 2.45) is 0 Å². The summed E-state index contributed by atoms with van der Waals surface area (Å²) in [6, 6.07) is 3.59. The molecule has 0 aromatic carbocycles. The molecule has 14 heteroatoms. The monoisotopic (exact) mass is 423 g/mol. The standard InChI is InChI=1S/C13H19N3O9P2/c1-14-9-2-4-15-13-8(9)3-5-16(13)12-6-10(25-27(20,21)22)11(24-12)7-23-26(17,18)19/h2-5,10-12H,6-7H2,1H3,(H,14,15)(H2,17,18,19)(H2,20,21,22)/t10-,11+,12+/m0/s1. The van der Waals surface area contributed by atoms with E-state index >= 15 is 0 Å². The number of nitrogens with zero attached hydrogens (tertiary/aromatic N) is 2. The maximum atomic E-state index is 11.2. The van der Waals surface area contributed by atoms with Gasteiger partial charge in [-0.1, -0.05) is 0 Å². The summed E-state index contributed by atoms with van der Waals surface area (Å²) >= 11 is 0. The fourth-order valence-electron chi connectivity index (χ4n) is 2.99. The topological polar surface area (TPSA) is 173 Å². The summed E-state index contributed by atoms with van der Waals surface area (Å²) in [6.07, 6.45) is 0.369. The number of pyridine rings is 1. The zero-order valence-corrected chi connectivity index (χ0v) is 15.9. The fraction of sp³-hybridized carbons (Fsp3) is 0.462. The van der Waals surface area contributed by atoms with E-state index in [2.05, 4.69) is 14.8 Å². The number of hydrogen-bond donors (Lipinski definition) is 5. The molecule has 2 aromatic heterocycles. The predicted octanol–water partition coefficient (Wildman–Crippen LogP) is 0.953. The summed E-state index contributed by atoms with van der Waals surface area (Å²) in [6.45, 7) is -0.597. The van der Waals surface area contributed by atoms with E-state index in [0.717, 1.165) is 11.1 Å². The van der Waals surface area contributed by atoms with Gasteiger partial charge in [0.2, 0.25) is 0 Å². The molecule has 1 aliphatic heterocycles. The van der Waals surface area contributed by atoms with Gasteiger partial charge in [0.1, 0.15) is 24.1 Å². The summed E-state index contributed by atoms with van der Waals surface area (Å²) in [7, 11) is -7.87. The Hall–Kier alpha value is -1.33. The van der Waals surface area contributed by atoms with Crippen molar-refractivity contribution in [1.82, 2.24) is 9.55 Å². The molecule has 12 nitrogen and oxygen atoms in total. The highest BCUT2D eigenvalue weighted by Crippen LogP contribution is 2.45. The summed E-state index contributed by atoms with van der Waals surface area (Å²) in [5, 5.41) is 3.84. The highest BCUT2D eigenvalue weighted by molar-refractivity contribution is 7.46. The molecule has 1 aliphatic rings. The van der Waals surface area contributed by atoms with E-state index in [1.807, 2.05) is 0 Å². The predicted molar refractivity (Wildman–Crippen MR) is 92.7 cm³/mol. The van der Waals surface area contributed by atoms with Crippen LogP contribution in [0.4, 0.5) is 5.69 Å². The Kier molecular flexibility index (Phi) is 5.74. The van der Waals surface area contributed by atoms with Gasteiger partial charge in [-0.15, -0.1) is 0 Å². The summed E-state index contributed by atoms with van der Waals surface area (Å²) in [5.74, 6) is 0. The summed E-state index contributed by atoms with van der Waals surface area (Å²) < 4.78 is 38.7. The van der Waals surface area contributed by atoms with Crippen LogP contribution in [-0.4, -0.2) is 55.0 Å². The molecule has 0 spiro atoms. The van der Waals surface area contributed by atoms with Crippen LogP contribution in [0.25, 0.3) is 11.0 Å². The number of fused-ring (bicyclic) bond motifs is 1. The van der Waals surface area contributed by atoms with Gasteiger partial charge in [-0.3, -0.25) is 9.05 Å². The first kappa shape index (κ1) is 20.4. The van der Waals surface area contributed by atoms with Gasteiger partial charge in [-0.05, 0) is 12.1 Å². The van der Waals surface area contributed by atoms with Gasteiger partial charge < -0.3 is 34.2 Å². The Morgan fingerprint density at radius 2 is 2.04 bits per heavy atom. The third kappa shape index (κ3) is 4.94. The third-order valence-corrected chi connectivity index (χ3v) is 5.09. The Bertz CT molecular complexity index is 908. The van der Waals surface area contributed by atoms with Crippen LogP contribution in [0.1, 0.15) is 12.6 Å². The molecule has 0 bridgehead atoms. The second kappa shape index (κ2) is 7.59. The number of ether oxygens (including phenoxy) is 1. The van der Waals surface area contributed by atoms with Crippen molar-refractivity contribution in [1.29, 1.82) is 0 Å². The lowest BCUT2D eigenvalue weighted by Gasteiger charge is -2.19. The van der Waals surface area contributed by atoms with Crippen LogP contribution in [0.2, 0.25) is 0 Å². The molecular weight excluding hydrogens is 404 g/mol. The molecule has 0 radical (unpaired) electrons. The minimum absolute atomic E-state index is 0.0233. The number of phosphoric acid groups is 2. The average Bonchev–Trinajstić information content (AvgIpc) is 3.14. The van der Waals surface area contributed by atoms with Crippen LogP contribution in [-0.2, 0) is 22.9 Å². The van der Waals surface area contributed by atoms with Crippen LogP contribution in [0.3, 0.4) is 0 Å². The smallest absolute Gasteiger partial charge is 0.387 e. The molecule has 3 rings (SSSR count). The van der Waals surface area contributed by atoms with Gasteiger partial charge in [-0.2, -0.15) is 0 Å². The van der Waals surface area contributed by atoms with Gasteiger partial charge in [0.25, 0.3) is 0 Å². The molecule has 1 saturated heterocycles. The van der Waals surface area contributed by atoms with Crippen molar-refractivity contribution < 1.29 is 42.5 Å².